The average molecular weight is 218 g/mol. The quantitative estimate of drug-likeness (QED) is 0.561. The second-order valence-electron chi connectivity index (χ2n) is 2.51. The van der Waals surface area contributed by atoms with E-state index in [2.05, 4.69) is 27.2 Å². The summed E-state index contributed by atoms with van der Waals surface area (Å²) in [4.78, 5) is 10.9. The van der Waals surface area contributed by atoms with Crippen LogP contribution in [0.1, 0.15) is 20.3 Å². The highest BCUT2D eigenvalue weighted by Gasteiger charge is 2.19. The summed E-state index contributed by atoms with van der Waals surface area (Å²) in [5, 5.41) is 3.02. The summed E-state index contributed by atoms with van der Waals surface area (Å²) in [6, 6.07) is 0. The van der Waals surface area contributed by atoms with E-state index in [1.807, 2.05) is 13.8 Å². The molecule has 0 saturated heterocycles. The van der Waals surface area contributed by atoms with Crippen molar-refractivity contribution in [3.05, 3.63) is 0 Å². The van der Waals surface area contributed by atoms with Gasteiger partial charge in [0, 0.05) is 0 Å². The van der Waals surface area contributed by atoms with Crippen LogP contribution in [0.15, 0.2) is 0 Å². The van der Waals surface area contributed by atoms with E-state index in [1.165, 1.54) is 0 Å². The van der Waals surface area contributed by atoms with Gasteiger partial charge in [0.1, 0.15) is 0 Å². The maximum absolute atomic E-state index is 10.9. The van der Waals surface area contributed by atoms with Crippen molar-refractivity contribution in [1.82, 2.24) is 5.32 Å². The molecule has 2 nitrogen and oxygen atoms in total. The molecular formula is C8H12BrNO. The van der Waals surface area contributed by atoms with Crippen molar-refractivity contribution >= 4 is 21.8 Å². The normalized spacial score (nSPS) is 14.7. The number of rotatable bonds is 3. The fourth-order valence-electron chi connectivity index (χ4n) is 0.568. The molecule has 11 heavy (non-hydrogen) atoms. The number of alkyl halides is 1. The highest BCUT2D eigenvalue weighted by atomic mass is 79.9. The Morgan fingerprint density at radius 1 is 1.82 bits per heavy atom. The number of terminal acetylenes is 1. The first kappa shape index (κ1) is 10.5. The monoisotopic (exact) mass is 217 g/mol. The van der Waals surface area contributed by atoms with E-state index in [9.17, 15) is 4.79 Å². The third kappa shape index (κ3) is 3.43. The van der Waals surface area contributed by atoms with Gasteiger partial charge in [0.15, 0.2) is 0 Å². The SMILES string of the molecule is C#CC(C)(CC)NC(=O)CBr. The second kappa shape index (κ2) is 4.40. The molecular weight excluding hydrogens is 206 g/mol. The van der Waals surface area contributed by atoms with Gasteiger partial charge >= 0.3 is 0 Å². The van der Waals surface area contributed by atoms with Gasteiger partial charge in [-0.15, -0.1) is 6.42 Å². The molecule has 0 aliphatic rings. The van der Waals surface area contributed by atoms with Crippen molar-refractivity contribution in [2.75, 3.05) is 5.33 Å². The molecule has 0 aliphatic carbocycles. The molecule has 0 fully saturated rings. The van der Waals surface area contributed by atoms with Gasteiger partial charge in [0.2, 0.25) is 5.91 Å². The second-order valence-corrected chi connectivity index (χ2v) is 3.07. The first-order chi connectivity index (χ1) is 5.08. The van der Waals surface area contributed by atoms with Gasteiger partial charge in [0.25, 0.3) is 0 Å². The molecule has 1 unspecified atom stereocenters. The van der Waals surface area contributed by atoms with Gasteiger partial charge in [0.05, 0.1) is 10.9 Å². The van der Waals surface area contributed by atoms with Crippen molar-refractivity contribution < 1.29 is 4.79 Å². The standard InChI is InChI=1S/C8H12BrNO/c1-4-8(3,5-2)10-7(11)6-9/h1H,5-6H2,2-3H3,(H,10,11). The number of hydrogen-bond acceptors (Lipinski definition) is 1. The molecule has 1 N–H and O–H groups in total. The van der Waals surface area contributed by atoms with Gasteiger partial charge in [-0.2, -0.15) is 0 Å². The third-order valence-corrected chi connectivity index (χ3v) is 2.07. The molecule has 0 spiro atoms. The Balaban J connectivity index is 4.11. The van der Waals surface area contributed by atoms with Crippen LogP contribution in [0, 0.1) is 12.3 Å². The minimum absolute atomic E-state index is 0.0766. The van der Waals surface area contributed by atoms with Crippen LogP contribution in [-0.2, 0) is 4.79 Å². The number of nitrogens with one attached hydrogen (secondary N) is 1. The Kier molecular flexibility index (Phi) is 4.20. The predicted octanol–water partition coefficient (Wildman–Crippen LogP) is 1.30. The van der Waals surface area contributed by atoms with Crippen molar-refractivity contribution in [3.63, 3.8) is 0 Å². The summed E-state index contributed by atoms with van der Waals surface area (Å²) in [7, 11) is 0. The Morgan fingerprint density at radius 2 is 2.36 bits per heavy atom. The van der Waals surface area contributed by atoms with E-state index in [1.54, 1.807) is 0 Å². The molecule has 0 saturated carbocycles. The van der Waals surface area contributed by atoms with Crippen LogP contribution in [0.5, 0.6) is 0 Å². The predicted molar refractivity (Wildman–Crippen MR) is 49.5 cm³/mol. The minimum Gasteiger partial charge on any atom is -0.339 e. The maximum Gasteiger partial charge on any atom is 0.231 e. The van der Waals surface area contributed by atoms with E-state index in [4.69, 9.17) is 6.42 Å². The molecule has 0 aromatic heterocycles. The van der Waals surface area contributed by atoms with Crippen LogP contribution in [-0.4, -0.2) is 16.8 Å². The number of hydrogen-bond donors (Lipinski definition) is 1. The zero-order valence-corrected chi connectivity index (χ0v) is 8.36. The van der Waals surface area contributed by atoms with Crippen LogP contribution in [0.4, 0.5) is 0 Å². The lowest BCUT2D eigenvalue weighted by Gasteiger charge is -2.22. The van der Waals surface area contributed by atoms with E-state index in [0.29, 0.717) is 5.33 Å². The largest absolute Gasteiger partial charge is 0.339 e. The summed E-state index contributed by atoms with van der Waals surface area (Å²) in [6.07, 6.45) is 5.98. The molecule has 0 heterocycles. The minimum atomic E-state index is -0.495. The van der Waals surface area contributed by atoms with Crippen molar-refractivity contribution in [2.24, 2.45) is 0 Å². The van der Waals surface area contributed by atoms with Gasteiger partial charge in [-0.25, -0.2) is 0 Å². The lowest BCUT2D eigenvalue weighted by atomic mass is 10.0. The first-order valence-electron chi connectivity index (χ1n) is 3.42. The number of halogens is 1. The van der Waals surface area contributed by atoms with Crippen LogP contribution in [0.3, 0.4) is 0 Å². The fraction of sp³-hybridized carbons (Fsp3) is 0.625. The molecule has 0 aliphatic heterocycles. The van der Waals surface area contributed by atoms with Crippen LogP contribution < -0.4 is 5.32 Å². The molecule has 1 atom stereocenters. The molecule has 3 heteroatoms. The summed E-state index contributed by atoms with van der Waals surface area (Å²) in [5.74, 6) is 2.46. The van der Waals surface area contributed by atoms with E-state index >= 15 is 0 Å². The van der Waals surface area contributed by atoms with E-state index < -0.39 is 5.54 Å². The Labute approximate surface area is 75.9 Å². The Morgan fingerprint density at radius 3 is 2.64 bits per heavy atom. The lowest BCUT2D eigenvalue weighted by Crippen LogP contribution is -2.44. The molecule has 1 amide bonds. The summed E-state index contributed by atoms with van der Waals surface area (Å²) in [5.41, 5.74) is -0.495. The van der Waals surface area contributed by atoms with Crippen molar-refractivity contribution in [3.8, 4) is 12.3 Å². The lowest BCUT2D eigenvalue weighted by molar-refractivity contribution is -0.119. The number of carbonyl (C=O) groups is 1. The Hall–Kier alpha value is -0.490. The fourth-order valence-corrected chi connectivity index (χ4v) is 0.708. The van der Waals surface area contributed by atoms with Gasteiger partial charge < -0.3 is 5.32 Å². The smallest absolute Gasteiger partial charge is 0.231 e. The van der Waals surface area contributed by atoms with Gasteiger partial charge in [-0.3, -0.25) is 4.79 Å². The third-order valence-electron chi connectivity index (χ3n) is 1.56. The molecule has 0 aromatic carbocycles. The Bertz CT molecular complexity index is 185. The molecule has 0 bridgehead atoms. The van der Waals surface area contributed by atoms with Crippen LogP contribution >= 0.6 is 15.9 Å². The van der Waals surface area contributed by atoms with Crippen LogP contribution in [0.25, 0.3) is 0 Å². The maximum atomic E-state index is 10.9. The summed E-state index contributed by atoms with van der Waals surface area (Å²) in [6.45, 7) is 3.77. The molecule has 62 valence electrons. The molecule has 0 aromatic rings. The molecule has 0 rings (SSSR count). The molecule has 0 radical (unpaired) electrons. The summed E-state index contributed by atoms with van der Waals surface area (Å²) >= 11 is 3.05. The zero-order valence-electron chi connectivity index (χ0n) is 6.78. The van der Waals surface area contributed by atoms with Crippen molar-refractivity contribution in [1.29, 1.82) is 0 Å². The average Bonchev–Trinajstić information content (AvgIpc) is 2.04. The van der Waals surface area contributed by atoms with Gasteiger partial charge in [-0.1, -0.05) is 28.8 Å². The highest BCUT2D eigenvalue weighted by molar-refractivity contribution is 9.09. The first-order valence-corrected chi connectivity index (χ1v) is 4.55. The summed E-state index contributed by atoms with van der Waals surface area (Å²) < 4.78 is 0. The van der Waals surface area contributed by atoms with Crippen molar-refractivity contribution in [2.45, 2.75) is 25.8 Å². The zero-order chi connectivity index (χ0) is 8.91. The van der Waals surface area contributed by atoms with E-state index in [-0.39, 0.29) is 5.91 Å². The van der Waals surface area contributed by atoms with E-state index in [0.717, 1.165) is 6.42 Å². The highest BCUT2D eigenvalue weighted by Crippen LogP contribution is 2.06. The topological polar surface area (TPSA) is 29.1 Å². The number of carbonyl (C=O) groups excluding carboxylic acids is 1. The van der Waals surface area contributed by atoms with Crippen LogP contribution in [0.2, 0.25) is 0 Å². The number of amides is 1. The van der Waals surface area contributed by atoms with Gasteiger partial charge in [-0.05, 0) is 13.3 Å².